The van der Waals surface area contributed by atoms with E-state index in [2.05, 4.69) is 38.3 Å². The van der Waals surface area contributed by atoms with Gasteiger partial charge in [0.2, 0.25) is 0 Å². The molecule has 0 aliphatic carbocycles. The maximum Gasteiger partial charge on any atom is 0.397 e. The Bertz CT molecular complexity index is 1280. The number of methoxy groups -OCH3 is 2. The second-order valence-electron chi connectivity index (χ2n) is 19.1. The molecule has 0 N–H and O–H groups in total. The van der Waals surface area contributed by atoms with Crippen LogP contribution in [0.1, 0.15) is 218 Å². The summed E-state index contributed by atoms with van der Waals surface area (Å²) in [6.07, 6.45) is 37.1. The number of aryl methyl sites for hydroxylation is 1. The van der Waals surface area contributed by atoms with Gasteiger partial charge in [-0.15, -0.1) is 0 Å². The fourth-order valence-corrected chi connectivity index (χ4v) is 9.09. The van der Waals surface area contributed by atoms with E-state index in [1.54, 1.807) is 6.08 Å². The van der Waals surface area contributed by atoms with E-state index >= 15 is 0 Å². The second kappa shape index (κ2) is 37.9. The first-order valence-electron chi connectivity index (χ1n) is 25.3. The molecule has 0 heterocycles. The van der Waals surface area contributed by atoms with Crippen LogP contribution in [-0.2, 0) is 56.6 Å². The van der Waals surface area contributed by atoms with Gasteiger partial charge in [-0.05, 0) is 95.4 Å². The molecule has 0 bridgehead atoms. The summed E-state index contributed by atoms with van der Waals surface area (Å²) in [5, 5.41) is 0. The van der Waals surface area contributed by atoms with E-state index in [4.69, 9.17) is 27.8 Å². The molecule has 364 valence electrons. The lowest BCUT2D eigenvalue weighted by Gasteiger charge is -2.24. The highest BCUT2D eigenvalue weighted by Crippen LogP contribution is 2.42. The summed E-state index contributed by atoms with van der Waals surface area (Å²) in [4.78, 5) is 24.9. The van der Waals surface area contributed by atoms with E-state index in [0.717, 1.165) is 56.3 Å². The summed E-state index contributed by atoms with van der Waals surface area (Å²) in [5.74, 6) is 0.0263. The Morgan fingerprint density at radius 1 is 0.524 bits per heavy atom. The van der Waals surface area contributed by atoms with Crippen molar-refractivity contribution in [2.24, 2.45) is 10.8 Å². The van der Waals surface area contributed by atoms with Gasteiger partial charge in [-0.2, -0.15) is 0 Å². The minimum absolute atomic E-state index is 0.222. The number of benzene rings is 1. The largest absolute Gasteiger partial charge is 0.469 e. The first kappa shape index (κ1) is 58.8. The van der Waals surface area contributed by atoms with Crippen molar-refractivity contribution in [1.82, 2.24) is 0 Å². The molecular weight excluding hydrogens is 808 g/mol. The Morgan fingerprint density at radius 2 is 0.873 bits per heavy atom. The van der Waals surface area contributed by atoms with Crippen molar-refractivity contribution in [1.29, 1.82) is 0 Å². The summed E-state index contributed by atoms with van der Waals surface area (Å²) >= 11 is 0. The second-order valence-corrected chi connectivity index (χ2v) is 20.3. The van der Waals surface area contributed by atoms with E-state index < -0.39 is 19.4 Å². The molecule has 0 fully saturated rings. The van der Waals surface area contributed by atoms with Crippen molar-refractivity contribution >= 4 is 20.5 Å². The van der Waals surface area contributed by atoms with Crippen LogP contribution in [0.15, 0.2) is 43.2 Å². The molecule has 0 radical (unpaired) electrons. The lowest BCUT2D eigenvalue weighted by atomic mass is 9.81. The fraction of sp³-hybridized carbons (Fsp3) is 0.778. The van der Waals surface area contributed by atoms with Crippen LogP contribution in [0, 0.1) is 10.8 Å². The molecule has 0 amide bonds. The third-order valence-corrected chi connectivity index (χ3v) is 13.0. The van der Waals surface area contributed by atoms with Gasteiger partial charge < -0.3 is 27.8 Å². The first-order chi connectivity index (χ1) is 30.4. The summed E-state index contributed by atoms with van der Waals surface area (Å²) in [6, 6.07) is 6.57. The smallest absolute Gasteiger partial charge is 0.397 e. The van der Waals surface area contributed by atoms with Gasteiger partial charge in [0, 0.05) is 13.2 Å². The molecule has 8 nitrogen and oxygen atoms in total. The standard InChI is InChI=1S/C54H95O8P/c1-10-12-13-14-15-16-17-18-19-20-21-22-25-28-31-34-38-59-39-36-41-61-63(62-47(3)11-2)60-40-35-32-29-26-23-24-27-30-33-37-48-42-49(45-53(4,5)51(55)57-8)44-50(43-48)46-54(6,7)52(56)58-9/h11,42-44H,2-3,10,12-41,45-46H2,1,4-9H3. The number of carbonyl (C=O) groups excluding carboxylic acids is 2. The Hall–Kier alpha value is -2.25. The molecular formula is C54H95O8P. The SMILES string of the molecule is C=CC(=C)OP(OCCCCCCCCCCCc1cc(CC(C)(C)C(=O)OC)cc(CC(C)(C)C(=O)OC)c1)OCCCOCCCCCCCCCCCCCCCCCC. The van der Waals surface area contributed by atoms with Crippen LogP contribution in [0.4, 0.5) is 0 Å². The van der Waals surface area contributed by atoms with E-state index in [-0.39, 0.29) is 11.9 Å². The Kier molecular flexibility index (Phi) is 35.4. The molecule has 1 unspecified atom stereocenters. The van der Waals surface area contributed by atoms with Gasteiger partial charge in [-0.25, -0.2) is 0 Å². The first-order valence-corrected chi connectivity index (χ1v) is 26.4. The lowest BCUT2D eigenvalue weighted by molar-refractivity contribution is -0.151. The van der Waals surface area contributed by atoms with Gasteiger partial charge in [0.05, 0.1) is 38.3 Å². The highest BCUT2D eigenvalue weighted by atomic mass is 31.2. The third kappa shape index (κ3) is 31.3. The zero-order chi connectivity index (χ0) is 46.4. The molecule has 63 heavy (non-hydrogen) atoms. The topological polar surface area (TPSA) is 89.5 Å². The van der Waals surface area contributed by atoms with Gasteiger partial charge in [-0.1, -0.05) is 180 Å². The summed E-state index contributed by atoms with van der Waals surface area (Å²) in [6.45, 7) is 20.2. The molecule has 1 aromatic rings. The normalized spacial score (nSPS) is 12.3. The molecule has 0 saturated carbocycles. The maximum absolute atomic E-state index is 12.4. The average molecular weight is 903 g/mol. The van der Waals surface area contributed by atoms with Crippen LogP contribution in [0.25, 0.3) is 0 Å². The predicted molar refractivity (Wildman–Crippen MR) is 265 cm³/mol. The van der Waals surface area contributed by atoms with Crippen LogP contribution in [0.3, 0.4) is 0 Å². The zero-order valence-corrected chi connectivity index (χ0v) is 42.7. The molecule has 1 aromatic carbocycles. The molecule has 0 aliphatic rings. The number of carbonyl (C=O) groups is 2. The van der Waals surface area contributed by atoms with Crippen molar-refractivity contribution < 1.29 is 37.4 Å². The molecule has 0 spiro atoms. The van der Waals surface area contributed by atoms with Crippen LogP contribution in [-0.4, -0.2) is 52.6 Å². The Morgan fingerprint density at radius 3 is 1.29 bits per heavy atom. The number of rotatable bonds is 44. The van der Waals surface area contributed by atoms with Crippen LogP contribution >= 0.6 is 8.60 Å². The number of unbranched alkanes of at least 4 members (excludes halogenated alkanes) is 23. The van der Waals surface area contributed by atoms with E-state index in [9.17, 15) is 9.59 Å². The van der Waals surface area contributed by atoms with E-state index in [1.807, 2.05) is 27.7 Å². The van der Waals surface area contributed by atoms with Crippen molar-refractivity contribution in [3.63, 3.8) is 0 Å². The van der Waals surface area contributed by atoms with Gasteiger partial charge in [0.15, 0.2) is 0 Å². The third-order valence-electron chi connectivity index (χ3n) is 11.9. The van der Waals surface area contributed by atoms with Crippen molar-refractivity contribution in [3.8, 4) is 0 Å². The highest BCUT2D eigenvalue weighted by molar-refractivity contribution is 7.41. The molecule has 0 aliphatic heterocycles. The minimum atomic E-state index is -1.49. The summed E-state index contributed by atoms with van der Waals surface area (Å²) in [5.41, 5.74) is 2.17. The monoisotopic (exact) mass is 903 g/mol. The van der Waals surface area contributed by atoms with Crippen molar-refractivity contribution in [3.05, 3.63) is 59.9 Å². The number of hydrogen-bond acceptors (Lipinski definition) is 8. The van der Waals surface area contributed by atoms with Crippen molar-refractivity contribution in [2.75, 3.05) is 40.6 Å². The van der Waals surface area contributed by atoms with E-state index in [1.165, 1.54) is 155 Å². The molecule has 0 aromatic heterocycles. The molecule has 1 atom stereocenters. The van der Waals surface area contributed by atoms with Crippen molar-refractivity contribution in [2.45, 2.75) is 221 Å². The Labute approximate surface area is 388 Å². The van der Waals surface area contributed by atoms with Gasteiger partial charge in [-0.3, -0.25) is 9.59 Å². The predicted octanol–water partition coefficient (Wildman–Crippen LogP) is 15.9. The van der Waals surface area contributed by atoms with Crippen LogP contribution in [0.2, 0.25) is 0 Å². The Balaban J connectivity index is 2.17. The maximum atomic E-state index is 12.4. The quantitative estimate of drug-likeness (QED) is 0.0210. The number of esters is 2. The van der Waals surface area contributed by atoms with Gasteiger partial charge >= 0.3 is 20.5 Å². The lowest BCUT2D eigenvalue weighted by Crippen LogP contribution is -2.29. The summed E-state index contributed by atoms with van der Waals surface area (Å²) in [7, 11) is 1.38. The van der Waals surface area contributed by atoms with Gasteiger partial charge in [0.1, 0.15) is 5.76 Å². The average Bonchev–Trinajstić information content (AvgIpc) is 3.25. The van der Waals surface area contributed by atoms with Gasteiger partial charge in [0.25, 0.3) is 0 Å². The minimum Gasteiger partial charge on any atom is -0.469 e. The summed E-state index contributed by atoms with van der Waals surface area (Å²) < 4.78 is 33.7. The molecule has 0 saturated heterocycles. The number of ether oxygens (including phenoxy) is 3. The highest BCUT2D eigenvalue weighted by Gasteiger charge is 2.31. The zero-order valence-electron chi connectivity index (χ0n) is 41.8. The number of hydrogen-bond donors (Lipinski definition) is 0. The van der Waals surface area contributed by atoms with Crippen LogP contribution in [0.5, 0.6) is 0 Å². The van der Waals surface area contributed by atoms with E-state index in [0.29, 0.717) is 38.4 Å². The fourth-order valence-electron chi connectivity index (χ4n) is 8.09. The molecule has 1 rings (SSSR count). The van der Waals surface area contributed by atoms with Crippen LogP contribution < -0.4 is 0 Å². The number of allylic oxidation sites excluding steroid dienone is 1. The molecule has 9 heteroatoms.